The summed E-state index contributed by atoms with van der Waals surface area (Å²) in [7, 11) is 0. The van der Waals surface area contributed by atoms with Gasteiger partial charge >= 0.3 is 0 Å². The molecule has 2 aromatic rings. The molecule has 3 heteroatoms. The highest BCUT2D eigenvalue weighted by Crippen LogP contribution is 2.29. The maximum atomic E-state index is 10.2. The lowest BCUT2D eigenvalue weighted by atomic mass is 10.1. The summed E-state index contributed by atoms with van der Waals surface area (Å²) in [4.78, 5) is 3.46. The highest BCUT2D eigenvalue weighted by Gasteiger charge is 2.11. The molecule has 0 saturated heterocycles. The van der Waals surface area contributed by atoms with Gasteiger partial charge in [0.15, 0.2) is 0 Å². The lowest BCUT2D eigenvalue weighted by Gasteiger charge is -2.09. The van der Waals surface area contributed by atoms with Gasteiger partial charge in [-0.05, 0) is 43.0 Å². The van der Waals surface area contributed by atoms with E-state index in [9.17, 15) is 5.11 Å². The van der Waals surface area contributed by atoms with Crippen molar-refractivity contribution in [1.82, 2.24) is 0 Å². The van der Waals surface area contributed by atoms with Crippen LogP contribution in [-0.2, 0) is 0 Å². The fourth-order valence-electron chi connectivity index (χ4n) is 1.55. The topological polar surface area (TPSA) is 20.2 Å². The lowest BCUT2D eigenvalue weighted by Crippen LogP contribution is -1.96. The van der Waals surface area contributed by atoms with Crippen molar-refractivity contribution in [3.63, 3.8) is 0 Å². The molecule has 1 aromatic heterocycles. The van der Waals surface area contributed by atoms with Crippen molar-refractivity contribution in [2.24, 2.45) is 0 Å². The van der Waals surface area contributed by atoms with E-state index in [1.807, 2.05) is 42.7 Å². The molecule has 1 atom stereocenters. The second kappa shape index (κ2) is 5.04. The van der Waals surface area contributed by atoms with Crippen LogP contribution in [0.3, 0.4) is 0 Å². The van der Waals surface area contributed by atoms with Gasteiger partial charge < -0.3 is 5.11 Å². The van der Waals surface area contributed by atoms with E-state index >= 15 is 0 Å². The van der Waals surface area contributed by atoms with Crippen molar-refractivity contribution in [2.45, 2.75) is 17.9 Å². The van der Waals surface area contributed by atoms with Gasteiger partial charge in [-0.15, -0.1) is 23.1 Å². The summed E-state index contributed by atoms with van der Waals surface area (Å²) in [5.74, 6) is 0. The second-order valence-corrected chi connectivity index (χ2v) is 5.82. The molecule has 16 heavy (non-hydrogen) atoms. The molecule has 84 valence electrons. The molecule has 0 aliphatic rings. The number of aliphatic hydroxyl groups excluding tert-OH is 1. The summed E-state index contributed by atoms with van der Waals surface area (Å²) in [5, 5.41) is 10.2. The first kappa shape index (κ1) is 11.7. The quantitative estimate of drug-likeness (QED) is 0.835. The number of rotatable bonds is 3. The van der Waals surface area contributed by atoms with E-state index < -0.39 is 6.10 Å². The normalized spacial score (nSPS) is 12.7. The van der Waals surface area contributed by atoms with Crippen molar-refractivity contribution < 1.29 is 5.11 Å². The summed E-state index contributed by atoms with van der Waals surface area (Å²) in [6, 6.07) is 12.1. The van der Waals surface area contributed by atoms with E-state index in [2.05, 4.69) is 6.92 Å². The van der Waals surface area contributed by atoms with E-state index in [0.717, 1.165) is 10.4 Å². The minimum Gasteiger partial charge on any atom is -0.383 e. The molecule has 1 nitrogen and oxygen atoms in total. The van der Waals surface area contributed by atoms with Crippen molar-refractivity contribution in [3.05, 3.63) is 51.7 Å². The molecular formula is C13H14OS2. The number of hydrogen-bond donors (Lipinski definition) is 1. The van der Waals surface area contributed by atoms with Gasteiger partial charge in [0.05, 0.1) is 0 Å². The van der Waals surface area contributed by atoms with Crippen LogP contribution in [0.15, 0.2) is 41.3 Å². The minimum atomic E-state index is -0.491. The summed E-state index contributed by atoms with van der Waals surface area (Å²) in [5.41, 5.74) is 0.958. The molecule has 0 aliphatic carbocycles. The Bertz CT molecular complexity index is 459. The van der Waals surface area contributed by atoms with Gasteiger partial charge in [0, 0.05) is 14.6 Å². The molecule has 0 radical (unpaired) electrons. The number of thioether (sulfide) groups is 1. The first-order valence-corrected chi connectivity index (χ1v) is 7.13. The van der Waals surface area contributed by atoms with Crippen LogP contribution in [0.4, 0.5) is 0 Å². The average Bonchev–Trinajstić information content (AvgIpc) is 2.75. The number of aliphatic hydroxyl groups is 1. The number of hydrogen-bond acceptors (Lipinski definition) is 3. The smallest absolute Gasteiger partial charge is 0.113 e. The Hall–Kier alpha value is -0.770. The zero-order valence-corrected chi connectivity index (χ0v) is 10.9. The van der Waals surface area contributed by atoms with E-state index in [-0.39, 0.29) is 0 Å². The fraction of sp³-hybridized carbons (Fsp3) is 0.231. The molecular weight excluding hydrogens is 236 g/mol. The minimum absolute atomic E-state index is 0.491. The molecule has 1 aromatic carbocycles. The number of benzene rings is 1. The Morgan fingerprint density at radius 1 is 1.12 bits per heavy atom. The Labute approximate surface area is 104 Å². The number of aryl methyl sites for hydroxylation is 1. The van der Waals surface area contributed by atoms with Crippen molar-refractivity contribution >= 4 is 23.1 Å². The molecule has 1 N–H and O–H groups in total. The van der Waals surface area contributed by atoms with E-state index in [1.54, 1.807) is 23.1 Å². The molecule has 0 bridgehead atoms. The predicted octanol–water partition coefficient (Wildman–Crippen LogP) is 3.86. The van der Waals surface area contributed by atoms with Crippen LogP contribution in [0, 0.1) is 6.92 Å². The van der Waals surface area contributed by atoms with Crippen LogP contribution in [0.1, 0.15) is 21.4 Å². The fourth-order valence-corrected chi connectivity index (χ4v) is 2.85. The molecule has 0 fully saturated rings. The summed E-state index contributed by atoms with van der Waals surface area (Å²) in [6.07, 6.45) is 1.56. The molecule has 0 unspecified atom stereocenters. The highest BCUT2D eigenvalue weighted by molar-refractivity contribution is 7.98. The molecule has 1 heterocycles. The SMILES string of the molecule is CSc1ccc([C@H](O)c2ccc(C)s2)cc1. The summed E-state index contributed by atoms with van der Waals surface area (Å²) < 4.78 is 0. The highest BCUT2D eigenvalue weighted by atomic mass is 32.2. The molecule has 0 spiro atoms. The van der Waals surface area contributed by atoms with Crippen LogP contribution in [0.25, 0.3) is 0 Å². The van der Waals surface area contributed by atoms with E-state index in [0.29, 0.717) is 0 Å². The summed E-state index contributed by atoms with van der Waals surface area (Å²) in [6.45, 7) is 2.05. The van der Waals surface area contributed by atoms with Gasteiger partial charge in [0.25, 0.3) is 0 Å². The average molecular weight is 250 g/mol. The van der Waals surface area contributed by atoms with Gasteiger partial charge in [-0.1, -0.05) is 12.1 Å². The van der Waals surface area contributed by atoms with Crippen LogP contribution < -0.4 is 0 Å². The van der Waals surface area contributed by atoms with Gasteiger partial charge in [-0.3, -0.25) is 0 Å². The number of thiophene rings is 1. The molecule has 0 amide bonds. The molecule has 0 saturated carbocycles. The Kier molecular flexibility index (Phi) is 3.69. The van der Waals surface area contributed by atoms with Crippen molar-refractivity contribution in [3.8, 4) is 0 Å². The van der Waals surface area contributed by atoms with Gasteiger partial charge in [-0.2, -0.15) is 0 Å². The monoisotopic (exact) mass is 250 g/mol. The second-order valence-electron chi connectivity index (χ2n) is 3.62. The van der Waals surface area contributed by atoms with Gasteiger partial charge in [0.1, 0.15) is 6.10 Å². The Morgan fingerprint density at radius 3 is 2.31 bits per heavy atom. The van der Waals surface area contributed by atoms with Gasteiger partial charge in [0.2, 0.25) is 0 Å². The molecule has 2 rings (SSSR count). The third kappa shape index (κ3) is 2.48. The van der Waals surface area contributed by atoms with Crippen LogP contribution in [0.2, 0.25) is 0 Å². The first-order valence-electron chi connectivity index (χ1n) is 5.09. The standard InChI is InChI=1S/C13H14OS2/c1-9-3-8-12(16-9)13(14)10-4-6-11(15-2)7-5-10/h3-8,13-14H,1-2H3/t13-/m0/s1. The largest absolute Gasteiger partial charge is 0.383 e. The van der Waals surface area contributed by atoms with Gasteiger partial charge in [-0.25, -0.2) is 0 Å². The maximum absolute atomic E-state index is 10.2. The van der Waals surface area contributed by atoms with Crippen LogP contribution >= 0.6 is 23.1 Å². The maximum Gasteiger partial charge on any atom is 0.113 e. The van der Waals surface area contributed by atoms with Crippen molar-refractivity contribution in [1.29, 1.82) is 0 Å². The third-order valence-corrected chi connectivity index (χ3v) is 4.26. The Morgan fingerprint density at radius 2 is 1.81 bits per heavy atom. The first-order chi connectivity index (χ1) is 7.70. The zero-order valence-electron chi connectivity index (χ0n) is 9.31. The van der Waals surface area contributed by atoms with Crippen LogP contribution in [-0.4, -0.2) is 11.4 Å². The molecule has 0 aliphatic heterocycles. The van der Waals surface area contributed by atoms with E-state index in [4.69, 9.17) is 0 Å². The summed E-state index contributed by atoms with van der Waals surface area (Å²) >= 11 is 3.36. The van der Waals surface area contributed by atoms with Crippen LogP contribution in [0.5, 0.6) is 0 Å². The van der Waals surface area contributed by atoms with Crippen molar-refractivity contribution in [2.75, 3.05) is 6.26 Å². The van der Waals surface area contributed by atoms with E-state index in [1.165, 1.54) is 9.77 Å². The predicted molar refractivity (Wildman–Crippen MR) is 71.3 cm³/mol. The Balaban J connectivity index is 2.23. The lowest BCUT2D eigenvalue weighted by molar-refractivity contribution is 0.224. The zero-order chi connectivity index (χ0) is 11.5. The third-order valence-electron chi connectivity index (χ3n) is 2.46.